The SMILES string of the molecule is CCc1nnc2n1N[C@@H](c1ccc(OC)c(Cl)c1)[C@H](C(=O)Nc1ccc(C)c(C)c1)S2. The zero-order valence-corrected chi connectivity index (χ0v) is 19.3. The number of hydrogen-bond donors (Lipinski definition) is 2. The van der Waals surface area contributed by atoms with Crippen molar-refractivity contribution >= 4 is 35.0 Å². The summed E-state index contributed by atoms with van der Waals surface area (Å²) in [5.74, 6) is 1.27. The maximum Gasteiger partial charge on any atom is 0.240 e. The normalized spacial score (nSPS) is 17.6. The minimum atomic E-state index is -0.479. The van der Waals surface area contributed by atoms with Gasteiger partial charge in [-0.3, -0.25) is 4.79 Å². The van der Waals surface area contributed by atoms with E-state index in [9.17, 15) is 4.79 Å². The molecule has 162 valence electrons. The Balaban J connectivity index is 1.69. The number of nitrogens with one attached hydrogen (secondary N) is 2. The molecule has 0 unspecified atom stereocenters. The minimum absolute atomic E-state index is 0.120. The maximum atomic E-state index is 13.4. The number of nitrogens with zero attached hydrogens (tertiary/aromatic N) is 3. The van der Waals surface area contributed by atoms with Crippen molar-refractivity contribution in [3.63, 3.8) is 0 Å². The average molecular weight is 458 g/mol. The second-order valence-electron chi connectivity index (χ2n) is 7.42. The molecule has 1 amide bonds. The van der Waals surface area contributed by atoms with E-state index in [0.717, 1.165) is 29.1 Å². The van der Waals surface area contributed by atoms with Crippen LogP contribution in [0, 0.1) is 13.8 Å². The molecule has 0 bridgehead atoms. The average Bonchev–Trinajstić information content (AvgIpc) is 3.17. The Morgan fingerprint density at radius 2 is 2.03 bits per heavy atom. The van der Waals surface area contributed by atoms with E-state index < -0.39 is 5.25 Å². The summed E-state index contributed by atoms with van der Waals surface area (Å²) in [7, 11) is 1.58. The predicted octanol–water partition coefficient (Wildman–Crippen LogP) is 4.52. The van der Waals surface area contributed by atoms with E-state index in [1.54, 1.807) is 7.11 Å². The number of aryl methyl sites for hydroxylation is 3. The molecule has 1 aliphatic heterocycles. The molecule has 0 saturated carbocycles. The van der Waals surface area contributed by atoms with Crippen molar-refractivity contribution in [1.82, 2.24) is 14.9 Å². The van der Waals surface area contributed by atoms with Gasteiger partial charge in [0.05, 0.1) is 18.2 Å². The number of methoxy groups -OCH3 is 1. The largest absolute Gasteiger partial charge is 0.495 e. The van der Waals surface area contributed by atoms with Gasteiger partial charge >= 0.3 is 0 Å². The first-order valence-electron chi connectivity index (χ1n) is 10.00. The molecule has 0 radical (unpaired) electrons. The number of carbonyl (C=O) groups excluding carboxylic acids is 1. The molecule has 0 spiro atoms. The molecule has 2 N–H and O–H groups in total. The van der Waals surface area contributed by atoms with Gasteiger partial charge in [0.25, 0.3) is 0 Å². The molecule has 2 heterocycles. The van der Waals surface area contributed by atoms with Crippen molar-refractivity contribution in [3.8, 4) is 5.75 Å². The molecule has 1 aromatic heterocycles. The van der Waals surface area contributed by atoms with Gasteiger partial charge < -0.3 is 15.5 Å². The summed E-state index contributed by atoms with van der Waals surface area (Å²) in [4.78, 5) is 13.4. The Kier molecular flexibility index (Phi) is 6.11. The number of carbonyl (C=O) groups is 1. The number of thioether (sulfide) groups is 1. The molecule has 4 rings (SSSR count). The van der Waals surface area contributed by atoms with Gasteiger partial charge in [-0.25, -0.2) is 4.68 Å². The van der Waals surface area contributed by atoms with Gasteiger partial charge in [-0.2, -0.15) is 0 Å². The van der Waals surface area contributed by atoms with Crippen LogP contribution in [0.3, 0.4) is 0 Å². The highest BCUT2D eigenvalue weighted by Crippen LogP contribution is 2.39. The monoisotopic (exact) mass is 457 g/mol. The molecule has 7 nitrogen and oxygen atoms in total. The fourth-order valence-electron chi connectivity index (χ4n) is 3.49. The standard InChI is InChI=1S/C22H24ClN5O2S/c1-5-18-25-26-22-28(18)27-19(14-7-9-17(30-4)16(23)11-14)20(31-22)21(29)24-15-8-6-12(2)13(3)10-15/h6-11,19-20,27H,5H2,1-4H3,(H,24,29)/t19-,20+/m0/s1. The Bertz CT molecular complexity index is 1130. The minimum Gasteiger partial charge on any atom is -0.495 e. The van der Waals surface area contributed by atoms with E-state index in [-0.39, 0.29) is 11.9 Å². The number of amides is 1. The van der Waals surface area contributed by atoms with Gasteiger partial charge in [-0.1, -0.05) is 42.4 Å². The second kappa shape index (κ2) is 8.80. The van der Waals surface area contributed by atoms with Crippen molar-refractivity contribution in [2.75, 3.05) is 17.9 Å². The molecular weight excluding hydrogens is 434 g/mol. The number of rotatable bonds is 5. The molecule has 2 aromatic carbocycles. The number of benzene rings is 2. The van der Waals surface area contributed by atoms with Gasteiger partial charge in [0.2, 0.25) is 11.1 Å². The lowest BCUT2D eigenvalue weighted by Gasteiger charge is -2.33. The molecule has 0 fully saturated rings. The predicted molar refractivity (Wildman–Crippen MR) is 124 cm³/mol. The quantitative estimate of drug-likeness (QED) is 0.586. The van der Waals surface area contributed by atoms with Crippen LogP contribution < -0.4 is 15.5 Å². The van der Waals surface area contributed by atoms with Crippen LogP contribution in [0.25, 0.3) is 0 Å². The van der Waals surface area contributed by atoms with E-state index in [2.05, 4.69) is 20.9 Å². The molecule has 3 aromatic rings. The Hall–Kier alpha value is -2.71. The van der Waals surface area contributed by atoms with Crippen LogP contribution in [-0.4, -0.2) is 33.1 Å². The first kappa shape index (κ1) is 21.5. The van der Waals surface area contributed by atoms with Crippen LogP contribution in [0.15, 0.2) is 41.6 Å². The molecule has 31 heavy (non-hydrogen) atoms. The molecule has 9 heteroatoms. The number of anilines is 1. The van der Waals surface area contributed by atoms with Crippen LogP contribution in [0.4, 0.5) is 5.69 Å². The molecule has 1 aliphatic rings. The summed E-state index contributed by atoms with van der Waals surface area (Å²) in [5, 5.41) is 12.2. The van der Waals surface area contributed by atoms with Crippen molar-refractivity contribution in [2.45, 2.75) is 43.6 Å². The van der Waals surface area contributed by atoms with Crippen LogP contribution in [0.2, 0.25) is 5.02 Å². The number of aromatic nitrogens is 3. The Labute approximate surface area is 190 Å². The lowest BCUT2D eigenvalue weighted by atomic mass is 10.0. The fraction of sp³-hybridized carbons (Fsp3) is 0.318. The van der Waals surface area contributed by atoms with E-state index >= 15 is 0 Å². The van der Waals surface area contributed by atoms with Crippen LogP contribution >= 0.6 is 23.4 Å². The Morgan fingerprint density at radius 3 is 2.71 bits per heavy atom. The van der Waals surface area contributed by atoms with Crippen molar-refractivity contribution < 1.29 is 9.53 Å². The molecular formula is C22H24ClN5O2S. The first-order chi connectivity index (χ1) is 14.9. The third-order valence-electron chi connectivity index (χ3n) is 5.39. The van der Waals surface area contributed by atoms with Crippen LogP contribution in [0.1, 0.15) is 35.5 Å². The lowest BCUT2D eigenvalue weighted by Crippen LogP contribution is -2.41. The number of hydrogen-bond acceptors (Lipinski definition) is 6. The van der Waals surface area contributed by atoms with Gasteiger partial charge in [-0.15, -0.1) is 10.2 Å². The summed E-state index contributed by atoms with van der Waals surface area (Å²) in [6.45, 7) is 6.09. The zero-order valence-electron chi connectivity index (χ0n) is 17.8. The highest BCUT2D eigenvalue weighted by atomic mass is 35.5. The van der Waals surface area contributed by atoms with Crippen molar-refractivity contribution in [2.24, 2.45) is 0 Å². The highest BCUT2D eigenvalue weighted by molar-refractivity contribution is 8.00. The van der Waals surface area contributed by atoms with E-state index in [1.807, 2.05) is 61.8 Å². The summed E-state index contributed by atoms with van der Waals surface area (Å²) in [6.07, 6.45) is 0.718. The van der Waals surface area contributed by atoms with Crippen LogP contribution in [-0.2, 0) is 11.2 Å². The Morgan fingerprint density at radius 1 is 1.23 bits per heavy atom. The van der Waals surface area contributed by atoms with Gasteiger partial charge in [0.1, 0.15) is 11.0 Å². The van der Waals surface area contributed by atoms with Crippen LogP contribution in [0.5, 0.6) is 5.75 Å². The van der Waals surface area contributed by atoms with Gasteiger partial charge in [-0.05, 0) is 54.8 Å². The molecule has 2 atom stereocenters. The summed E-state index contributed by atoms with van der Waals surface area (Å²) in [6, 6.07) is 11.1. The van der Waals surface area contributed by atoms with E-state index in [0.29, 0.717) is 15.9 Å². The lowest BCUT2D eigenvalue weighted by molar-refractivity contribution is -0.116. The number of ether oxygens (including phenoxy) is 1. The third-order valence-corrected chi connectivity index (χ3v) is 6.90. The zero-order chi connectivity index (χ0) is 22.1. The highest BCUT2D eigenvalue weighted by Gasteiger charge is 2.38. The van der Waals surface area contributed by atoms with Crippen molar-refractivity contribution in [3.05, 3.63) is 63.9 Å². The number of fused-ring (bicyclic) bond motifs is 1. The van der Waals surface area contributed by atoms with Crippen molar-refractivity contribution in [1.29, 1.82) is 0 Å². The summed E-state index contributed by atoms with van der Waals surface area (Å²) in [5.41, 5.74) is 7.37. The number of halogens is 1. The summed E-state index contributed by atoms with van der Waals surface area (Å²) < 4.78 is 7.13. The van der Waals surface area contributed by atoms with E-state index in [4.69, 9.17) is 16.3 Å². The first-order valence-corrected chi connectivity index (χ1v) is 11.3. The maximum absolute atomic E-state index is 13.4. The second-order valence-corrected chi connectivity index (χ2v) is 8.93. The fourth-order valence-corrected chi connectivity index (χ4v) is 4.85. The van der Waals surface area contributed by atoms with Gasteiger partial charge in [0.15, 0.2) is 5.82 Å². The third kappa shape index (κ3) is 4.22. The molecule has 0 aliphatic carbocycles. The van der Waals surface area contributed by atoms with E-state index in [1.165, 1.54) is 17.3 Å². The summed E-state index contributed by atoms with van der Waals surface area (Å²) >= 11 is 7.77. The van der Waals surface area contributed by atoms with Gasteiger partial charge in [0, 0.05) is 12.1 Å². The molecule has 0 saturated heterocycles. The topological polar surface area (TPSA) is 81.1 Å². The smallest absolute Gasteiger partial charge is 0.240 e.